The van der Waals surface area contributed by atoms with Gasteiger partial charge in [0, 0.05) is 41.3 Å². The number of hydrogen-bond donors (Lipinski definition) is 2. The number of Topliss-reactive ketones (excluding diaryl/α,β-unsaturated/α-hetero) is 1. The van der Waals surface area contributed by atoms with Gasteiger partial charge < -0.3 is 14.9 Å². The molecule has 1 saturated heterocycles. The number of benzene rings is 1. The van der Waals surface area contributed by atoms with Crippen LogP contribution >= 0.6 is 15.9 Å². The van der Waals surface area contributed by atoms with Crippen LogP contribution in [0.3, 0.4) is 0 Å². The molecule has 2 N–H and O–H groups in total. The van der Waals surface area contributed by atoms with Gasteiger partial charge in [0.2, 0.25) is 11.8 Å². The van der Waals surface area contributed by atoms with Crippen LogP contribution in [0.1, 0.15) is 30.7 Å². The number of methoxy groups -OCH3 is 1. The van der Waals surface area contributed by atoms with Gasteiger partial charge in [-0.05, 0) is 40.8 Å². The molecular formula is C26H22BrNO8. The number of rotatable bonds is 5. The minimum absolute atomic E-state index is 0.0923. The summed E-state index contributed by atoms with van der Waals surface area (Å²) in [7, 11) is 1.46. The lowest BCUT2D eigenvalue weighted by atomic mass is 9.59. The van der Waals surface area contributed by atoms with Crippen molar-refractivity contribution >= 4 is 45.3 Å². The van der Waals surface area contributed by atoms with Crippen molar-refractivity contribution in [1.29, 1.82) is 0 Å². The zero-order valence-corrected chi connectivity index (χ0v) is 20.8. The van der Waals surface area contributed by atoms with E-state index in [0.29, 0.717) is 16.9 Å². The maximum Gasteiger partial charge on any atom is 0.305 e. The number of carboxylic acid groups (broad SMARTS) is 1. The number of aliphatic carboxylic acids is 1. The number of ketones is 2. The van der Waals surface area contributed by atoms with Crippen LogP contribution in [0.2, 0.25) is 0 Å². The fourth-order valence-electron chi connectivity index (χ4n) is 5.95. The van der Waals surface area contributed by atoms with Crippen molar-refractivity contribution in [2.45, 2.75) is 25.2 Å². The Labute approximate surface area is 214 Å². The Morgan fingerprint density at radius 1 is 1.17 bits per heavy atom. The van der Waals surface area contributed by atoms with Crippen LogP contribution in [0.5, 0.6) is 11.5 Å². The second-order valence-corrected chi connectivity index (χ2v) is 10.1. The topological polar surface area (TPSA) is 138 Å². The number of aromatic hydroxyl groups is 1. The van der Waals surface area contributed by atoms with E-state index in [2.05, 4.69) is 15.9 Å². The van der Waals surface area contributed by atoms with E-state index in [1.807, 2.05) is 6.08 Å². The summed E-state index contributed by atoms with van der Waals surface area (Å²) in [4.78, 5) is 64.9. The normalized spacial score (nSPS) is 27.3. The number of carbonyl (C=O) groups excluding carboxylic acids is 4. The number of carboxylic acids is 1. The number of carbonyl (C=O) groups is 5. The van der Waals surface area contributed by atoms with E-state index in [-0.39, 0.29) is 58.8 Å². The highest BCUT2D eigenvalue weighted by Gasteiger charge is 2.56. The minimum Gasteiger partial charge on any atom is -0.507 e. The first-order valence-corrected chi connectivity index (χ1v) is 12.3. The molecular weight excluding hydrogens is 534 g/mol. The Kier molecular flexibility index (Phi) is 5.94. The Morgan fingerprint density at radius 3 is 2.58 bits per heavy atom. The van der Waals surface area contributed by atoms with E-state index in [0.717, 1.165) is 4.90 Å². The van der Waals surface area contributed by atoms with E-state index in [1.54, 1.807) is 12.1 Å². The van der Waals surface area contributed by atoms with Gasteiger partial charge in [-0.3, -0.25) is 28.9 Å². The smallest absolute Gasteiger partial charge is 0.305 e. The summed E-state index contributed by atoms with van der Waals surface area (Å²) in [6.07, 6.45) is 3.03. The van der Waals surface area contributed by atoms with Crippen LogP contribution in [0, 0.1) is 17.8 Å². The van der Waals surface area contributed by atoms with E-state index in [9.17, 15) is 29.1 Å². The SMILES string of the molecule is COc1ccc(C2C3=CCC4C(=O)N(CCC(=O)O)C(=O)C4C3CC3=C2C(=O)C=C(Br)C3=O)c(O)c1. The lowest BCUT2D eigenvalue weighted by Gasteiger charge is -2.42. The second-order valence-electron chi connectivity index (χ2n) is 9.29. The van der Waals surface area contributed by atoms with Crippen molar-refractivity contribution in [3.05, 3.63) is 57.1 Å². The largest absolute Gasteiger partial charge is 0.507 e. The summed E-state index contributed by atoms with van der Waals surface area (Å²) >= 11 is 3.17. The van der Waals surface area contributed by atoms with Crippen molar-refractivity contribution in [2.24, 2.45) is 17.8 Å². The molecule has 0 bridgehead atoms. The van der Waals surface area contributed by atoms with E-state index in [1.165, 1.54) is 19.3 Å². The molecule has 4 unspecified atom stereocenters. The predicted octanol–water partition coefficient (Wildman–Crippen LogP) is 2.64. The second kappa shape index (κ2) is 8.85. The number of phenolic OH excluding ortho intramolecular Hbond substituents is 1. The van der Waals surface area contributed by atoms with Gasteiger partial charge in [-0.1, -0.05) is 17.7 Å². The standard InChI is InChI=1S/C26H22BrNO8/c1-36-11-2-3-13(18(29)8-11)21-12-4-5-14-22(26(35)28(25(14)34)7-6-20(31)32)15(12)9-16-23(21)19(30)10-17(27)24(16)33/h2-4,8,10,14-15,21-22,29H,5-7,9H2,1H3,(H,31,32). The molecule has 1 fully saturated rings. The quantitative estimate of drug-likeness (QED) is 0.321. The molecule has 0 aromatic heterocycles. The molecule has 2 amide bonds. The van der Waals surface area contributed by atoms with E-state index < -0.39 is 41.5 Å². The Bertz CT molecular complexity index is 1340. The van der Waals surface area contributed by atoms with Crippen molar-refractivity contribution in [3.63, 3.8) is 0 Å². The van der Waals surface area contributed by atoms with Gasteiger partial charge in [0.25, 0.3) is 0 Å². The van der Waals surface area contributed by atoms with Gasteiger partial charge in [-0.25, -0.2) is 0 Å². The number of amides is 2. The average Bonchev–Trinajstić information content (AvgIpc) is 3.09. The van der Waals surface area contributed by atoms with Gasteiger partial charge in [0.05, 0.1) is 29.8 Å². The summed E-state index contributed by atoms with van der Waals surface area (Å²) in [5.41, 5.74) is 1.60. The first-order valence-electron chi connectivity index (χ1n) is 11.5. The zero-order chi connectivity index (χ0) is 25.9. The van der Waals surface area contributed by atoms with Crippen molar-refractivity contribution in [1.82, 2.24) is 4.90 Å². The third kappa shape index (κ3) is 3.62. The number of halogens is 1. The first kappa shape index (κ1) is 24.2. The molecule has 1 heterocycles. The highest BCUT2D eigenvalue weighted by atomic mass is 79.9. The summed E-state index contributed by atoms with van der Waals surface area (Å²) in [5, 5.41) is 19.9. The fourth-order valence-corrected chi connectivity index (χ4v) is 6.40. The first-order chi connectivity index (χ1) is 17.1. The molecule has 0 radical (unpaired) electrons. The molecule has 0 saturated carbocycles. The molecule has 186 valence electrons. The highest BCUT2D eigenvalue weighted by Crippen LogP contribution is 2.56. The molecule has 0 spiro atoms. The van der Waals surface area contributed by atoms with Crippen LogP contribution in [0.4, 0.5) is 0 Å². The Morgan fingerprint density at radius 2 is 1.92 bits per heavy atom. The molecule has 36 heavy (non-hydrogen) atoms. The molecule has 4 atom stereocenters. The molecule has 10 heteroatoms. The molecule has 1 aliphatic heterocycles. The number of ether oxygens (including phenoxy) is 1. The number of phenols is 1. The number of hydrogen-bond acceptors (Lipinski definition) is 7. The van der Waals surface area contributed by atoms with E-state index in [4.69, 9.17) is 9.84 Å². The molecule has 4 aliphatic rings. The predicted molar refractivity (Wildman–Crippen MR) is 128 cm³/mol. The summed E-state index contributed by atoms with van der Waals surface area (Å²) in [5.74, 6) is -5.24. The fraction of sp³-hybridized carbons (Fsp3) is 0.346. The lowest BCUT2D eigenvalue weighted by molar-refractivity contribution is -0.142. The number of fused-ring (bicyclic) bond motifs is 3. The van der Waals surface area contributed by atoms with Crippen LogP contribution < -0.4 is 4.74 Å². The molecule has 1 aromatic rings. The van der Waals surface area contributed by atoms with Gasteiger partial charge in [0.1, 0.15) is 11.5 Å². The maximum absolute atomic E-state index is 13.4. The van der Waals surface area contributed by atoms with Crippen molar-refractivity contribution in [2.75, 3.05) is 13.7 Å². The highest BCUT2D eigenvalue weighted by molar-refractivity contribution is 9.12. The summed E-state index contributed by atoms with van der Waals surface area (Å²) < 4.78 is 5.30. The van der Waals surface area contributed by atoms with Crippen LogP contribution in [-0.2, 0) is 24.0 Å². The number of likely N-dealkylation sites (tertiary alicyclic amines) is 1. The van der Waals surface area contributed by atoms with Crippen LogP contribution in [0.15, 0.2) is 51.6 Å². The Hall–Kier alpha value is -3.53. The molecule has 5 rings (SSSR count). The molecule has 1 aromatic carbocycles. The summed E-state index contributed by atoms with van der Waals surface area (Å²) in [6, 6.07) is 4.69. The number of imide groups is 1. The zero-order valence-electron chi connectivity index (χ0n) is 19.2. The number of nitrogens with zero attached hydrogens (tertiary/aromatic N) is 1. The van der Waals surface area contributed by atoms with Gasteiger partial charge in [-0.15, -0.1) is 0 Å². The third-order valence-corrected chi connectivity index (χ3v) is 8.11. The van der Waals surface area contributed by atoms with E-state index >= 15 is 0 Å². The summed E-state index contributed by atoms with van der Waals surface area (Å²) in [6.45, 7) is -0.218. The van der Waals surface area contributed by atoms with Gasteiger partial charge >= 0.3 is 5.97 Å². The number of allylic oxidation sites excluding steroid dienone is 6. The van der Waals surface area contributed by atoms with Crippen LogP contribution in [0.25, 0.3) is 0 Å². The lowest BCUT2D eigenvalue weighted by Crippen LogP contribution is -2.39. The third-order valence-electron chi connectivity index (χ3n) is 7.52. The van der Waals surface area contributed by atoms with Crippen LogP contribution in [-0.4, -0.2) is 58.1 Å². The Balaban J connectivity index is 1.63. The average molecular weight is 556 g/mol. The minimum atomic E-state index is -1.12. The van der Waals surface area contributed by atoms with Crippen molar-refractivity contribution < 1.29 is 38.9 Å². The monoisotopic (exact) mass is 555 g/mol. The van der Waals surface area contributed by atoms with Gasteiger partial charge in [0.15, 0.2) is 11.6 Å². The molecule has 9 nitrogen and oxygen atoms in total. The van der Waals surface area contributed by atoms with Gasteiger partial charge in [-0.2, -0.15) is 0 Å². The van der Waals surface area contributed by atoms with Crippen molar-refractivity contribution in [3.8, 4) is 11.5 Å². The molecule has 3 aliphatic carbocycles. The maximum atomic E-state index is 13.4.